The molecular weight excluding hydrogens is 482 g/mol. The second kappa shape index (κ2) is 10.4. The summed E-state index contributed by atoms with van der Waals surface area (Å²) < 4.78 is 33.3. The minimum absolute atomic E-state index is 0.0510. The second-order valence-corrected chi connectivity index (χ2v) is 9.50. The number of non-ortho nitro benzene ring substituents is 1. The van der Waals surface area contributed by atoms with Crippen LogP contribution in [-0.4, -0.2) is 30.4 Å². The molecule has 11 heteroatoms. The number of ether oxygens (including phenoxy) is 1. The van der Waals surface area contributed by atoms with Crippen molar-refractivity contribution in [2.24, 2.45) is 0 Å². The Hall–Kier alpha value is -4.51. The number of rotatable bonds is 9. The number of methoxy groups -OCH3 is 1. The molecule has 0 saturated carbocycles. The zero-order chi connectivity index (χ0) is 25.7. The molecule has 0 aliphatic heterocycles. The summed E-state index contributed by atoms with van der Waals surface area (Å²) in [5.74, 6) is 0.991. The monoisotopic (exact) mass is 505 g/mol. The molecule has 10 nitrogen and oxygen atoms in total. The lowest BCUT2D eigenvalue weighted by Crippen LogP contribution is -2.15. The molecule has 1 aromatic heterocycles. The van der Waals surface area contributed by atoms with Crippen LogP contribution < -0.4 is 14.8 Å². The number of hydrogen-bond donors (Lipinski definition) is 2. The van der Waals surface area contributed by atoms with Crippen molar-refractivity contribution in [2.75, 3.05) is 17.1 Å². The predicted molar refractivity (Wildman–Crippen MR) is 136 cm³/mol. The summed E-state index contributed by atoms with van der Waals surface area (Å²) in [6.45, 7) is 1.92. The Morgan fingerprint density at radius 1 is 1.00 bits per heavy atom. The van der Waals surface area contributed by atoms with Crippen LogP contribution in [0.3, 0.4) is 0 Å². The van der Waals surface area contributed by atoms with E-state index >= 15 is 0 Å². The first-order chi connectivity index (χ1) is 17.3. The molecule has 0 fully saturated rings. The molecule has 2 N–H and O–H groups in total. The highest BCUT2D eigenvalue weighted by molar-refractivity contribution is 7.92. The van der Waals surface area contributed by atoms with Gasteiger partial charge in [-0.3, -0.25) is 14.8 Å². The first-order valence-electron chi connectivity index (χ1n) is 10.9. The van der Waals surface area contributed by atoms with Crippen molar-refractivity contribution >= 4 is 27.5 Å². The molecule has 36 heavy (non-hydrogen) atoms. The fraction of sp³-hybridized carbons (Fsp3) is 0.120. The average Bonchev–Trinajstić information content (AvgIpc) is 2.88. The van der Waals surface area contributed by atoms with Crippen molar-refractivity contribution in [2.45, 2.75) is 17.9 Å². The summed E-state index contributed by atoms with van der Waals surface area (Å²) in [5.41, 5.74) is 2.72. The molecule has 4 aromatic rings. The summed E-state index contributed by atoms with van der Waals surface area (Å²) in [5, 5.41) is 14.0. The molecule has 1 atom stereocenters. The predicted octanol–water partition coefficient (Wildman–Crippen LogP) is 5.03. The van der Waals surface area contributed by atoms with Gasteiger partial charge in [-0.2, -0.15) is 4.98 Å². The number of benzene rings is 3. The minimum Gasteiger partial charge on any atom is -0.496 e. The van der Waals surface area contributed by atoms with Crippen LogP contribution >= 0.6 is 0 Å². The van der Waals surface area contributed by atoms with Gasteiger partial charge in [0.15, 0.2) is 0 Å². The molecule has 184 valence electrons. The molecule has 0 spiro atoms. The molecule has 4 rings (SSSR count). The Bertz CT molecular complexity index is 1480. The van der Waals surface area contributed by atoms with E-state index in [9.17, 15) is 18.5 Å². The fourth-order valence-electron chi connectivity index (χ4n) is 3.54. The van der Waals surface area contributed by atoms with Crippen LogP contribution in [0.5, 0.6) is 5.75 Å². The first-order valence-corrected chi connectivity index (χ1v) is 12.4. The SMILES string of the molecule is COc1cc(C(C)Nc2nccc(NS(=O)(=O)c3ccc([N+](=O)[O-])cc3)n2)ccc1-c1ccccc1. The molecule has 0 bridgehead atoms. The first kappa shape index (κ1) is 24.6. The third-order valence-corrected chi connectivity index (χ3v) is 6.78. The highest BCUT2D eigenvalue weighted by atomic mass is 32.2. The van der Waals surface area contributed by atoms with E-state index in [1.54, 1.807) is 7.11 Å². The number of sulfonamides is 1. The van der Waals surface area contributed by atoms with Gasteiger partial charge in [-0.05, 0) is 42.3 Å². The molecule has 1 heterocycles. The van der Waals surface area contributed by atoms with Gasteiger partial charge in [-0.25, -0.2) is 13.4 Å². The summed E-state index contributed by atoms with van der Waals surface area (Å²) >= 11 is 0. The van der Waals surface area contributed by atoms with E-state index in [1.807, 2.05) is 55.5 Å². The molecule has 1 unspecified atom stereocenters. The number of aromatic nitrogens is 2. The summed E-state index contributed by atoms with van der Waals surface area (Å²) in [7, 11) is -2.38. The molecule has 0 aliphatic carbocycles. The Morgan fingerprint density at radius 2 is 1.72 bits per heavy atom. The van der Waals surface area contributed by atoms with E-state index in [1.165, 1.54) is 12.3 Å². The Labute approximate surface area is 208 Å². The zero-order valence-corrected chi connectivity index (χ0v) is 20.3. The van der Waals surface area contributed by atoms with Crippen LogP contribution in [0.4, 0.5) is 17.5 Å². The van der Waals surface area contributed by atoms with Crippen LogP contribution in [0, 0.1) is 10.1 Å². The maximum absolute atomic E-state index is 12.7. The van der Waals surface area contributed by atoms with Crippen LogP contribution in [0.25, 0.3) is 11.1 Å². The standard InChI is InChI=1S/C25H23N5O5S/c1-17(19-8-13-22(23(16-19)35-2)18-6-4-3-5-7-18)27-25-26-15-14-24(28-25)29-36(33,34)21-11-9-20(10-12-21)30(31)32/h3-17H,1-2H3,(H2,26,27,28,29). The molecule has 3 aromatic carbocycles. The lowest BCUT2D eigenvalue weighted by atomic mass is 10.00. The third kappa shape index (κ3) is 5.58. The van der Waals surface area contributed by atoms with Gasteiger partial charge in [0, 0.05) is 23.9 Å². The highest BCUT2D eigenvalue weighted by Crippen LogP contribution is 2.33. The minimum atomic E-state index is -4.00. The maximum Gasteiger partial charge on any atom is 0.269 e. The molecular formula is C25H23N5O5S. The summed E-state index contributed by atoms with van der Waals surface area (Å²) in [6, 6.07) is 21.6. The van der Waals surface area contributed by atoms with E-state index in [0.29, 0.717) is 0 Å². The van der Waals surface area contributed by atoms with Gasteiger partial charge >= 0.3 is 0 Å². The van der Waals surface area contributed by atoms with Crippen molar-refractivity contribution in [1.29, 1.82) is 0 Å². The summed E-state index contributed by atoms with van der Waals surface area (Å²) in [6.07, 6.45) is 1.43. The van der Waals surface area contributed by atoms with Crippen LogP contribution in [0.15, 0.2) is 90.0 Å². The van der Waals surface area contributed by atoms with Crippen molar-refractivity contribution < 1.29 is 18.1 Å². The highest BCUT2D eigenvalue weighted by Gasteiger charge is 2.18. The van der Waals surface area contributed by atoms with Crippen molar-refractivity contribution in [3.8, 4) is 16.9 Å². The van der Waals surface area contributed by atoms with Gasteiger partial charge in [0.1, 0.15) is 11.6 Å². The number of nitro groups is 1. The smallest absolute Gasteiger partial charge is 0.269 e. The van der Waals surface area contributed by atoms with Crippen LogP contribution in [-0.2, 0) is 10.0 Å². The van der Waals surface area contributed by atoms with Gasteiger partial charge in [-0.15, -0.1) is 0 Å². The maximum atomic E-state index is 12.7. The van der Waals surface area contributed by atoms with E-state index in [0.717, 1.165) is 46.7 Å². The molecule has 0 aliphatic rings. The lowest BCUT2D eigenvalue weighted by Gasteiger charge is -2.17. The largest absolute Gasteiger partial charge is 0.496 e. The van der Waals surface area contributed by atoms with Crippen LogP contribution in [0.1, 0.15) is 18.5 Å². The number of anilines is 2. The van der Waals surface area contributed by atoms with E-state index < -0.39 is 14.9 Å². The van der Waals surface area contributed by atoms with E-state index in [2.05, 4.69) is 20.0 Å². The Balaban J connectivity index is 1.50. The third-order valence-electron chi connectivity index (χ3n) is 5.41. The Morgan fingerprint density at radius 3 is 2.39 bits per heavy atom. The van der Waals surface area contributed by atoms with Crippen molar-refractivity contribution in [3.05, 3.63) is 101 Å². The Kier molecular flexibility index (Phi) is 7.11. The number of nitrogens with zero attached hydrogens (tertiary/aromatic N) is 3. The van der Waals surface area contributed by atoms with Crippen LogP contribution in [0.2, 0.25) is 0 Å². The van der Waals surface area contributed by atoms with Gasteiger partial charge < -0.3 is 10.1 Å². The van der Waals surface area contributed by atoms with E-state index in [-0.39, 0.29) is 28.4 Å². The zero-order valence-electron chi connectivity index (χ0n) is 19.5. The van der Waals surface area contributed by atoms with Crippen molar-refractivity contribution in [1.82, 2.24) is 9.97 Å². The average molecular weight is 506 g/mol. The number of nitro benzene ring substituents is 1. The molecule has 0 saturated heterocycles. The quantitative estimate of drug-likeness (QED) is 0.239. The van der Waals surface area contributed by atoms with Gasteiger partial charge in [0.2, 0.25) is 5.95 Å². The van der Waals surface area contributed by atoms with E-state index in [4.69, 9.17) is 4.74 Å². The fourth-order valence-corrected chi connectivity index (χ4v) is 4.54. The van der Waals surface area contributed by atoms with Gasteiger partial charge in [0.25, 0.3) is 15.7 Å². The second-order valence-electron chi connectivity index (χ2n) is 7.81. The lowest BCUT2D eigenvalue weighted by molar-refractivity contribution is -0.384. The topological polar surface area (TPSA) is 136 Å². The normalized spacial score (nSPS) is 11.9. The molecule has 0 amide bonds. The number of nitrogens with one attached hydrogen (secondary N) is 2. The molecule has 0 radical (unpaired) electrons. The number of hydrogen-bond acceptors (Lipinski definition) is 8. The van der Waals surface area contributed by atoms with Crippen molar-refractivity contribution in [3.63, 3.8) is 0 Å². The van der Waals surface area contributed by atoms with Gasteiger partial charge in [0.05, 0.1) is 23.0 Å². The summed E-state index contributed by atoms with van der Waals surface area (Å²) in [4.78, 5) is 18.5. The van der Waals surface area contributed by atoms with Gasteiger partial charge in [-0.1, -0.05) is 42.5 Å².